The molecule has 0 aliphatic heterocycles. The van der Waals surface area contributed by atoms with Crippen LogP contribution in [0.3, 0.4) is 0 Å². The molecule has 0 fully saturated rings. The van der Waals surface area contributed by atoms with Gasteiger partial charge < -0.3 is 0 Å². The first kappa shape index (κ1) is 14.2. The van der Waals surface area contributed by atoms with E-state index in [1.807, 2.05) is 0 Å². The van der Waals surface area contributed by atoms with E-state index >= 15 is 0 Å². The van der Waals surface area contributed by atoms with Crippen molar-refractivity contribution in [3.63, 3.8) is 0 Å². The van der Waals surface area contributed by atoms with Gasteiger partial charge in [-0.2, -0.15) is 0 Å². The number of carbonyl (C=O) groups is 1. The maximum Gasteiger partial charge on any atom is 0.164 e. The van der Waals surface area contributed by atoms with Crippen LogP contribution in [0.2, 0.25) is 5.02 Å². The molecular weight excluding hydrogens is 239 g/mol. The molecule has 0 unspecified atom stereocenters. The molecule has 0 aromatic heterocycles. The maximum absolute atomic E-state index is 13.0. The third kappa shape index (κ3) is 4.86. The summed E-state index contributed by atoms with van der Waals surface area (Å²) in [5, 5.41) is 0.338. The second-order valence-corrected chi connectivity index (χ2v) is 4.62. The van der Waals surface area contributed by atoms with Crippen LogP contribution >= 0.6 is 11.6 Å². The monoisotopic (exact) mass is 256 g/mol. The van der Waals surface area contributed by atoms with Gasteiger partial charge in [0, 0.05) is 12.0 Å². The summed E-state index contributed by atoms with van der Waals surface area (Å²) in [6.07, 6.45) is 5.89. The first-order valence-electron chi connectivity index (χ1n) is 6.13. The van der Waals surface area contributed by atoms with E-state index < -0.39 is 5.82 Å². The fourth-order valence-electron chi connectivity index (χ4n) is 1.73. The van der Waals surface area contributed by atoms with E-state index in [4.69, 9.17) is 11.6 Å². The van der Waals surface area contributed by atoms with Gasteiger partial charge in [0.15, 0.2) is 5.78 Å². The van der Waals surface area contributed by atoms with Gasteiger partial charge in [0.2, 0.25) is 0 Å². The molecule has 0 aliphatic rings. The van der Waals surface area contributed by atoms with Crippen molar-refractivity contribution in [2.75, 3.05) is 0 Å². The summed E-state index contributed by atoms with van der Waals surface area (Å²) < 4.78 is 13.0. The van der Waals surface area contributed by atoms with Crippen LogP contribution in [-0.2, 0) is 0 Å². The fourth-order valence-corrected chi connectivity index (χ4v) is 1.96. The summed E-state index contributed by atoms with van der Waals surface area (Å²) in [5.41, 5.74) is 0.308. The number of hydrogen-bond acceptors (Lipinski definition) is 1. The van der Waals surface area contributed by atoms with Crippen LogP contribution in [0.4, 0.5) is 4.39 Å². The zero-order chi connectivity index (χ0) is 12.7. The van der Waals surface area contributed by atoms with Crippen molar-refractivity contribution in [3.05, 3.63) is 34.6 Å². The molecule has 0 heterocycles. The molecule has 0 amide bonds. The second kappa shape index (κ2) is 7.44. The van der Waals surface area contributed by atoms with Crippen LogP contribution in [0.25, 0.3) is 0 Å². The summed E-state index contributed by atoms with van der Waals surface area (Å²) in [6, 6.07) is 3.91. The standard InChI is InChI=1S/C14H18ClFO/c1-2-3-4-5-6-7-14(17)12-10-11(16)8-9-13(12)15/h8-10H,2-7H2,1H3. The number of halogens is 2. The third-order valence-corrected chi connectivity index (χ3v) is 3.07. The predicted molar refractivity (Wildman–Crippen MR) is 69.1 cm³/mol. The maximum atomic E-state index is 13.0. The molecule has 1 aromatic carbocycles. The van der Waals surface area contributed by atoms with Crippen molar-refractivity contribution >= 4 is 17.4 Å². The molecule has 3 heteroatoms. The van der Waals surface area contributed by atoms with Crippen LogP contribution in [0.1, 0.15) is 55.8 Å². The van der Waals surface area contributed by atoms with Crippen LogP contribution in [0, 0.1) is 5.82 Å². The zero-order valence-corrected chi connectivity index (χ0v) is 10.9. The molecule has 0 bridgehead atoms. The first-order chi connectivity index (χ1) is 8.15. The third-order valence-electron chi connectivity index (χ3n) is 2.74. The molecule has 0 N–H and O–H groups in total. The topological polar surface area (TPSA) is 17.1 Å². The Bertz CT molecular complexity index is 376. The van der Waals surface area contributed by atoms with Gasteiger partial charge in [-0.25, -0.2) is 4.39 Å². The number of ketones is 1. The molecule has 0 spiro atoms. The number of hydrogen-bond donors (Lipinski definition) is 0. The molecule has 1 nitrogen and oxygen atoms in total. The lowest BCUT2D eigenvalue weighted by molar-refractivity contribution is 0.0979. The minimum atomic E-state index is -0.413. The van der Waals surface area contributed by atoms with Crippen molar-refractivity contribution < 1.29 is 9.18 Å². The molecule has 0 saturated heterocycles. The smallest absolute Gasteiger partial charge is 0.164 e. The van der Waals surface area contributed by atoms with E-state index in [1.54, 1.807) is 0 Å². The number of carbonyl (C=O) groups excluding carboxylic acids is 1. The Morgan fingerprint density at radius 3 is 2.65 bits per heavy atom. The number of Topliss-reactive ketones (excluding diaryl/α,β-unsaturated/α-hetero) is 1. The van der Waals surface area contributed by atoms with Gasteiger partial charge in [0.05, 0.1) is 5.02 Å². The van der Waals surface area contributed by atoms with Gasteiger partial charge in [-0.1, -0.05) is 44.2 Å². The van der Waals surface area contributed by atoms with Crippen molar-refractivity contribution in [2.45, 2.75) is 45.4 Å². The second-order valence-electron chi connectivity index (χ2n) is 4.21. The minimum Gasteiger partial charge on any atom is -0.294 e. The molecule has 0 aliphatic carbocycles. The Kier molecular flexibility index (Phi) is 6.20. The first-order valence-corrected chi connectivity index (χ1v) is 6.51. The zero-order valence-electron chi connectivity index (χ0n) is 10.1. The molecule has 1 aromatic rings. The van der Waals surface area contributed by atoms with E-state index in [-0.39, 0.29) is 5.78 Å². The van der Waals surface area contributed by atoms with Crippen molar-refractivity contribution in [1.29, 1.82) is 0 Å². The summed E-state index contributed by atoms with van der Waals surface area (Å²) in [6.45, 7) is 2.15. The van der Waals surface area contributed by atoms with Gasteiger partial charge in [-0.15, -0.1) is 0 Å². The van der Waals surface area contributed by atoms with Crippen molar-refractivity contribution in [2.24, 2.45) is 0 Å². The lowest BCUT2D eigenvalue weighted by atomic mass is 10.0. The molecule has 0 radical (unpaired) electrons. The van der Waals surface area contributed by atoms with Crippen LogP contribution in [0.5, 0.6) is 0 Å². The molecular formula is C14H18ClFO. The highest BCUT2D eigenvalue weighted by atomic mass is 35.5. The van der Waals surface area contributed by atoms with Gasteiger partial charge in [-0.3, -0.25) is 4.79 Å². The quantitative estimate of drug-likeness (QED) is 0.494. The van der Waals surface area contributed by atoms with Crippen molar-refractivity contribution in [3.8, 4) is 0 Å². The summed E-state index contributed by atoms with van der Waals surface area (Å²) in [4.78, 5) is 11.8. The highest BCUT2D eigenvalue weighted by Gasteiger charge is 2.10. The van der Waals surface area contributed by atoms with E-state index in [2.05, 4.69) is 6.92 Å². The molecule has 0 saturated carbocycles. The van der Waals surface area contributed by atoms with E-state index in [9.17, 15) is 9.18 Å². The summed E-state index contributed by atoms with van der Waals surface area (Å²) in [5.74, 6) is -0.477. The molecule has 1 rings (SSSR count). The normalized spacial score (nSPS) is 10.5. The Morgan fingerprint density at radius 1 is 1.24 bits per heavy atom. The number of benzene rings is 1. The van der Waals surface area contributed by atoms with Crippen LogP contribution in [0.15, 0.2) is 18.2 Å². The Labute approximate surface area is 107 Å². The lowest BCUT2D eigenvalue weighted by Gasteiger charge is -2.03. The molecule has 0 atom stereocenters. The average molecular weight is 257 g/mol. The Balaban J connectivity index is 2.44. The highest BCUT2D eigenvalue weighted by Crippen LogP contribution is 2.20. The largest absolute Gasteiger partial charge is 0.294 e. The van der Waals surface area contributed by atoms with Gasteiger partial charge in [0.1, 0.15) is 5.82 Å². The number of rotatable bonds is 7. The summed E-state index contributed by atoms with van der Waals surface area (Å²) in [7, 11) is 0. The van der Waals surface area contributed by atoms with Gasteiger partial charge in [0.25, 0.3) is 0 Å². The highest BCUT2D eigenvalue weighted by molar-refractivity contribution is 6.33. The summed E-state index contributed by atoms with van der Waals surface area (Å²) >= 11 is 5.87. The molecule has 94 valence electrons. The van der Waals surface area contributed by atoms with E-state index in [0.717, 1.165) is 19.3 Å². The van der Waals surface area contributed by atoms with E-state index in [1.165, 1.54) is 31.0 Å². The SMILES string of the molecule is CCCCCCCC(=O)c1cc(F)ccc1Cl. The number of unbranched alkanes of at least 4 members (excludes halogenated alkanes) is 4. The fraction of sp³-hybridized carbons (Fsp3) is 0.500. The predicted octanol–water partition coefficient (Wildman–Crippen LogP) is 5.02. The Morgan fingerprint density at radius 2 is 1.94 bits per heavy atom. The van der Waals surface area contributed by atoms with E-state index in [0.29, 0.717) is 17.0 Å². The lowest BCUT2D eigenvalue weighted by Crippen LogP contribution is -2.00. The van der Waals surface area contributed by atoms with Gasteiger partial charge >= 0.3 is 0 Å². The Hall–Kier alpha value is -0.890. The van der Waals surface area contributed by atoms with Crippen LogP contribution in [-0.4, -0.2) is 5.78 Å². The average Bonchev–Trinajstić information content (AvgIpc) is 2.32. The molecule has 17 heavy (non-hydrogen) atoms. The minimum absolute atomic E-state index is 0.0639. The van der Waals surface area contributed by atoms with Crippen molar-refractivity contribution in [1.82, 2.24) is 0 Å². The van der Waals surface area contributed by atoms with Crippen LogP contribution < -0.4 is 0 Å². The van der Waals surface area contributed by atoms with Gasteiger partial charge in [-0.05, 0) is 24.6 Å².